The summed E-state index contributed by atoms with van der Waals surface area (Å²) in [5.41, 5.74) is 0. The molecule has 0 radical (unpaired) electrons. The van der Waals surface area contributed by atoms with Crippen LogP contribution in [-0.4, -0.2) is 5.78 Å². The fraction of sp³-hybridized carbons (Fsp3) is 0.706. The molecule has 0 atom stereocenters. The Morgan fingerprint density at radius 3 is 2.05 bits per heavy atom. The molecule has 0 unspecified atom stereocenters. The van der Waals surface area contributed by atoms with E-state index in [1.807, 2.05) is 5.38 Å². The molecule has 1 aromatic rings. The highest BCUT2D eigenvalue weighted by Gasteiger charge is 2.10. The fourth-order valence-corrected chi connectivity index (χ4v) is 3.51. The van der Waals surface area contributed by atoms with Crippen molar-refractivity contribution in [2.45, 2.75) is 77.6 Å². The molecule has 0 spiro atoms. The number of ketones is 1. The van der Waals surface area contributed by atoms with Gasteiger partial charge >= 0.3 is 0 Å². The molecule has 1 nitrogen and oxygen atoms in total. The Hall–Kier alpha value is -0.340. The van der Waals surface area contributed by atoms with Gasteiger partial charge in [-0.05, 0) is 17.9 Å². The van der Waals surface area contributed by atoms with Crippen LogP contribution in [0.1, 0.15) is 87.2 Å². The number of hydrogen-bond donors (Lipinski definition) is 0. The molecular weight excluding hydrogens is 288 g/mol. The Balaban J connectivity index is 1.92. The molecule has 0 aliphatic heterocycles. The van der Waals surface area contributed by atoms with Crippen molar-refractivity contribution in [1.29, 1.82) is 0 Å². The average Bonchev–Trinajstić information content (AvgIpc) is 2.87. The third kappa shape index (κ3) is 7.44. The lowest BCUT2D eigenvalue weighted by molar-refractivity contribution is 0.0983. The smallest absolute Gasteiger partial charge is 0.174 e. The Bertz CT molecular complexity index is 373. The summed E-state index contributed by atoms with van der Waals surface area (Å²) in [6.45, 7) is 2.25. The van der Waals surface area contributed by atoms with Crippen molar-refractivity contribution >= 4 is 28.7 Å². The molecule has 0 amide bonds. The van der Waals surface area contributed by atoms with Crippen molar-refractivity contribution in [2.75, 3.05) is 0 Å². The Labute approximate surface area is 132 Å². The fourth-order valence-electron chi connectivity index (χ4n) is 2.38. The van der Waals surface area contributed by atoms with Gasteiger partial charge in [0.15, 0.2) is 5.78 Å². The van der Waals surface area contributed by atoms with Crippen LogP contribution in [0.5, 0.6) is 0 Å². The molecular formula is C17H27ClOS. The number of carbonyl (C=O) groups is 1. The summed E-state index contributed by atoms with van der Waals surface area (Å²) in [5, 5.41) is 2.50. The predicted molar refractivity (Wildman–Crippen MR) is 90.1 cm³/mol. The highest BCUT2D eigenvalue weighted by atomic mass is 35.5. The normalized spacial score (nSPS) is 10.9. The number of rotatable bonds is 12. The summed E-state index contributed by atoms with van der Waals surface area (Å²) < 4.78 is 0. The third-order valence-corrected chi connectivity index (χ3v) is 5.01. The van der Waals surface area contributed by atoms with E-state index in [4.69, 9.17) is 11.6 Å². The van der Waals surface area contributed by atoms with E-state index in [9.17, 15) is 4.79 Å². The molecule has 3 heteroatoms. The van der Waals surface area contributed by atoms with Crippen LogP contribution in [0.3, 0.4) is 0 Å². The maximum absolute atomic E-state index is 11.9. The molecule has 0 aliphatic rings. The van der Waals surface area contributed by atoms with Crippen LogP contribution < -0.4 is 0 Å². The molecule has 114 valence electrons. The standard InChI is InChI=1S/C17H27ClOS/c1-2-3-4-5-6-7-8-9-10-11-12-16(19)17-15(18)13-14-20-17/h13-14H,2-12H2,1H3. The number of unbranched alkanes of at least 4 members (excludes halogenated alkanes) is 9. The lowest BCUT2D eigenvalue weighted by Gasteiger charge is -2.02. The van der Waals surface area contributed by atoms with E-state index in [1.165, 1.54) is 69.1 Å². The molecule has 1 aromatic heterocycles. The van der Waals surface area contributed by atoms with Gasteiger partial charge in [0.25, 0.3) is 0 Å². The largest absolute Gasteiger partial charge is 0.293 e. The molecule has 0 N–H and O–H groups in total. The van der Waals surface area contributed by atoms with Crippen LogP contribution in [0, 0.1) is 0 Å². The van der Waals surface area contributed by atoms with Crippen molar-refractivity contribution in [1.82, 2.24) is 0 Å². The minimum absolute atomic E-state index is 0.213. The van der Waals surface area contributed by atoms with E-state index in [2.05, 4.69) is 6.92 Å². The molecule has 0 fully saturated rings. The molecule has 0 saturated carbocycles. The minimum Gasteiger partial charge on any atom is -0.293 e. The van der Waals surface area contributed by atoms with Crippen molar-refractivity contribution in [3.63, 3.8) is 0 Å². The van der Waals surface area contributed by atoms with Gasteiger partial charge in [-0.1, -0.05) is 76.3 Å². The number of hydrogen-bond acceptors (Lipinski definition) is 2. The number of thiophene rings is 1. The molecule has 20 heavy (non-hydrogen) atoms. The summed E-state index contributed by atoms with van der Waals surface area (Å²) in [7, 11) is 0. The molecule has 0 aromatic carbocycles. The molecule has 1 rings (SSSR count). The van der Waals surface area contributed by atoms with Gasteiger partial charge in [0.2, 0.25) is 0 Å². The van der Waals surface area contributed by atoms with Gasteiger partial charge < -0.3 is 0 Å². The molecule has 0 saturated heterocycles. The quantitative estimate of drug-likeness (QED) is 0.303. The monoisotopic (exact) mass is 314 g/mol. The maximum atomic E-state index is 11.9. The van der Waals surface area contributed by atoms with Gasteiger partial charge in [0.1, 0.15) is 0 Å². The zero-order chi connectivity index (χ0) is 14.6. The van der Waals surface area contributed by atoms with Gasteiger partial charge in [-0.3, -0.25) is 4.79 Å². The van der Waals surface area contributed by atoms with Gasteiger partial charge in [-0.2, -0.15) is 0 Å². The summed E-state index contributed by atoms with van der Waals surface area (Å²) in [5.74, 6) is 0.213. The SMILES string of the molecule is CCCCCCCCCCCCC(=O)c1sccc1Cl. The van der Waals surface area contributed by atoms with Gasteiger partial charge in [-0.15, -0.1) is 11.3 Å². The first-order chi connectivity index (χ1) is 9.75. The van der Waals surface area contributed by atoms with E-state index < -0.39 is 0 Å². The van der Waals surface area contributed by atoms with Crippen LogP contribution >= 0.6 is 22.9 Å². The first kappa shape index (κ1) is 17.7. The Morgan fingerprint density at radius 2 is 1.55 bits per heavy atom. The van der Waals surface area contributed by atoms with E-state index in [0.29, 0.717) is 11.4 Å². The van der Waals surface area contributed by atoms with Crippen LogP contribution in [0.15, 0.2) is 11.4 Å². The first-order valence-corrected chi connectivity index (χ1v) is 9.27. The molecule has 0 aliphatic carbocycles. The second-order valence-corrected chi connectivity index (χ2v) is 6.78. The summed E-state index contributed by atoms with van der Waals surface area (Å²) in [6, 6.07) is 1.80. The lowest BCUT2D eigenvalue weighted by atomic mass is 10.0. The predicted octanol–water partition coefficient (Wildman–Crippen LogP) is 6.90. The van der Waals surface area contributed by atoms with Crippen molar-refractivity contribution in [2.24, 2.45) is 0 Å². The first-order valence-electron chi connectivity index (χ1n) is 8.02. The third-order valence-electron chi connectivity index (χ3n) is 3.63. The van der Waals surface area contributed by atoms with E-state index in [-0.39, 0.29) is 5.78 Å². The minimum atomic E-state index is 0.213. The van der Waals surface area contributed by atoms with Gasteiger partial charge in [0.05, 0.1) is 9.90 Å². The zero-order valence-electron chi connectivity index (χ0n) is 12.6. The van der Waals surface area contributed by atoms with E-state index >= 15 is 0 Å². The summed E-state index contributed by atoms with van der Waals surface area (Å²) in [6.07, 6.45) is 13.6. The van der Waals surface area contributed by atoms with Crippen molar-refractivity contribution in [3.8, 4) is 0 Å². The Kier molecular flexibility index (Phi) is 10.0. The van der Waals surface area contributed by atoms with Crippen LogP contribution in [0.2, 0.25) is 5.02 Å². The number of Topliss-reactive ketones (excluding diaryl/α,β-unsaturated/α-hetero) is 1. The molecule has 1 heterocycles. The second-order valence-electron chi connectivity index (χ2n) is 5.45. The van der Waals surface area contributed by atoms with Crippen molar-refractivity contribution < 1.29 is 4.79 Å². The van der Waals surface area contributed by atoms with E-state index in [1.54, 1.807) is 6.07 Å². The van der Waals surface area contributed by atoms with Gasteiger partial charge in [-0.25, -0.2) is 0 Å². The van der Waals surface area contributed by atoms with Gasteiger partial charge in [0, 0.05) is 6.42 Å². The topological polar surface area (TPSA) is 17.1 Å². The maximum Gasteiger partial charge on any atom is 0.174 e. The summed E-state index contributed by atoms with van der Waals surface area (Å²) in [4.78, 5) is 12.6. The Morgan fingerprint density at radius 1 is 1.00 bits per heavy atom. The zero-order valence-corrected chi connectivity index (χ0v) is 14.2. The summed E-state index contributed by atoms with van der Waals surface area (Å²) >= 11 is 7.42. The van der Waals surface area contributed by atoms with Crippen LogP contribution in [-0.2, 0) is 0 Å². The number of carbonyl (C=O) groups excluding carboxylic acids is 1. The highest BCUT2D eigenvalue weighted by Crippen LogP contribution is 2.24. The molecule has 0 bridgehead atoms. The van der Waals surface area contributed by atoms with Crippen molar-refractivity contribution in [3.05, 3.63) is 21.3 Å². The van der Waals surface area contributed by atoms with Crippen LogP contribution in [0.25, 0.3) is 0 Å². The highest BCUT2D eigenvalue weighted by molar-refractivity contribution is 7.12. The van der Waals surface area contributed by atoms with E-state index in [0.717, 1.165) is 11.3 Å². The second kappa shape index (κ2) is 11.3. The average molecular weight is 315 g/mol. The lowest BCUT2D eigenvalue weighted by Crippen LogP contribution is -1.96. The van der Waals surface area contributed by atoms with Crippen LogP contribution in [0.4, 0.5) is 0 Å². The number of halogens is 1.